The van der Waals surface area contributed by atoms with Gasteiger partial charge in [0.2, 0.25) is 0 Å². The molecule has 4 nitrogen and oxygen atoms in total. The average molecular weight is 208 g/mol. The van der Waals surface area contributed by atoms with Gasteiger partial charge in [-0.05, 0) is 6.92 Å². The second-order valence-electron chi connectivity index (χ2n) is 2.99. The lowest BCUT2D eigenvalue weighted by molar-refractivity contribution is 0.101. The molecule has 80 valence electrons. The molecule has 0 spiro atoms. The third-order valence-corrected chi connectivity index (χ3v) is 1.79. The van der Waals surface area contributed by atoms with Gasteiger partial charge in [-0.15, -0.1) is 0 Å². The van der Waals surface area contributed by atoms with Crippen molar-refractivity contribution in [3.63, 3.8) is 0 Å². The van der Waals surface area contributed by atoms with Gasteiger partial charge in [-0.3, -0.25) is 4.79 Å². The molecule has 0 aromatic heterocycles. The van der Waals surface area contributed by atoms with Gasteiger partial charge in [0.1, 0.15) is 29.4 Å². The molecule has 1 rings (SSSR count). The van der Waals surface area contributed by atoms with Crippen molar-refractivity contribution in [3.8, 4) is 17.2 Å². The van der Waals surface area contributed by atoms with Crippen molar-refractivity contribution in [2.45, 2.75) is 6.92 Å². The topological polar surface area (TPSA) is 66.8 Å². The number of phenols is 2. The number of aromatic hydroxyl groups is 2. The van der Waals surface area contributed by atoms with Crippen LogP contribution in [-0.4, -0.2) is 22.6 Å². The molecule has 0 fully saturated rings. The van der Waals surface area contributed by atoms with Gasteiger partial charge in [-0.1, -0.05) is 12.7 Å². The minimum atomic E-state index is -0.403. The highest BCUT2D eigenvalue weighted by molar-refractivity contribution is 5.99. The molecular weight excluding hydrogens is 196 g/mol. The van der Waals surface area contributed by atoms with Crippen molar-refractivity contribution in [1.82, 2.24) is 0 Å². The Balaban J connectivity index is 3.07. The Hall–Kier alpha value is -1.97. The standard InChI is InChI=1S/C11H12O4/c1-3-4-15-8-5-9(13)11(7(2)12)10(14)6-8/h3,5-6,13-14H,1,4H2,2H3. The maximum atomic E-state index is 11.0. The Labute approximate surface area is 87.4 Å². The Morgan fingerprint density at radius 1 is 1.47 bits per heavy atom. The lowest BCUT2D eigenvalue weighted by Gasteiger charge is -2.08. The van der Waals surface area contributed by atoms with Gasteiger partial charge >= 0.3 is 0 Å². The minimum absolute atomic E-state index is 0.0963. The number of phenolic OH excluding ortho intramolecular Hbond substituents is 2. The van der Waals surface area contributed by atoms with Crippen LogP contribution >= 0.6 is 0 Å². The normalized spacial score (nSPS) is 9.67. The van der Waals surface area contributed by atoms with Gasteiger partial charge in [-0.25, -0.2) is 0 Å². The lowest BCUT2D eigenvalue weighted by Crippen LogP contribution is -1.97. The van der Waals surface area contributed by atoms with E-state index in [0.717, 1.165) is 0 Å². The van der Waals surface area contributed by atoms with Gasteiger partial charge in [0.05, 0.1) is 0 Å². The van der Waals surface area contributed by atoms with E-state index in [4.69, 9.17) is 4.74 Å². The fourth-order valence-electron chi connectivity index (χ4n) is 1.19. The molecule has 0 radical (unpaired) electrons. The molecule has 1 aromatic rings. The van der Waals surface area contributed by atoms with Crippen LogP contribution in [0.3, 0.4) is 0 Å². The third-order valence-electron chi connectivity index (χ3n) is 1.79. The molecule has 1 aromatic carbocycles. The fourth-order valence-corrected chi connectivity index (χ4v) is 1.19. The summed E-state index contributed by atoms with van der Waals surface area (Å²) in [6, 6.07) is 2.56. The Morgan fingerprint density at radius 2 is 2.00 bits per heavy atom. The van der Waals surface area contributed by atoms with Crippen molar-refractivity contribution >= 4 is 5.78 Å². The first kappa shape index (κ1) is 11.1. The van der Waals surface area contributed by atoms with E-state index in [9.17, 15) is 15.0 Å². The summed E-state index contributed by atoms with van der Waals surface area (Å²) >= 11 is 0. The molecule has 0 bridgehead atoms. The van der Waals surface area contributed by atoms with Gasteiger partial charge in [0.15, 0.2) is 5.78 Å². The molecular formula is C11H12O4. The summed E-state index contributed by atoms with van der Waals surface area (Å²) in [5.41, 5.74) is -0.0963. The second-order valence-corrected chi connectivity index (χ2v) is 2.99. The number of benzene rings is 1. The van der Waals surface area contributed by atoms with Crippen LogP contribution in [0.25, 0.3) is 0 Å². The summed E-state index contributed by atoms with van der Waals surface area (Å²) in [6.45, 7) is 4.99. The molecule has 0 aliphatic rings. The predicted molar refractivity (Wildman–Crippen MR) is 55.5 cm³/mol. The van der Waals surface area contributed by atoms with Gasteiger partial charge in [0, 0.05) is 12.1 Å². The monoisotopic (exact) mass is 208 g/mol. The van der Waals surface area contributed by atoms with E-state index in [1.807, 2.05) is 0 Å². The fraction of sp³-hybridized carbons (Fsp3) is 0.182. The summed E-state index contributed by atoms with van der Waals surface area (Å²) < 4.78 is 5.10. The summed E-state index contributed by atoms with van der Waals surface area (Å²) in [7, 11) is 0. The van der Waals surface area contributed by atoms with Crippen LogP contribution in [-0.2, 0) is 0 Å². The van der Waals surface area contributed by atoms with E-state index < -0.39 is 5.78 Å². The van der Waals surface area contributed by atoms with E-state index in [0.29, 0.717) is 0 Å². The minimum Gasteiger partial charge on any atom is -0.507 e. The molecule has 15 heavy (non-hydrogen) atoms. The molecule has 0 saturated heterocycles. The molecule has 0 amide bonds. The smallest absolute Gasteiger partial charge is 0.167 e. The van der Waals surface area contributed by atoms with Crippen molar-refractivity contribution < 1.29 is 19.7 Å². The Kier molecular flexibility index (Phi) is 3.33. The van der Waals surface area contributed by atoms with E-state index in [1.54, 1.807) is 0 Å². The lowest BCUT2D eigenvalue weighted by atomic mass is 10.1. The van der Waals surface area contributed by atoms with Gasteiger partial charge < -0.3 is 14.9 Å². The number of hydrogen-bond donors (Lipinski definition) is 2. The molecule has 0 aliphatic heterocycles. The van der Waals surface area contributed by atoms with Crippen molar-refractivity contribution in [2.24, 2.45) is 0 Å². The molecule has 4 heteroatoms. The zero-order valence-electron chi connectivity index (χ0n) is 8.36. The molecule has 2 N–H and O–H groups in total. The van der Waals surface area contributed by atoms with E-state index in [2.05, 4.69) is 6.58 Å². The molecule has 0 unspecified atom stereocenters. The largest absolute Gasteiger partial charge is 0.507 e. The summed E-state index contributed by atoms with van der Waals surface area (Å²) in [4.78, 5) is 11.0. The quantitative estimate of drug-likeness (QED) is 0.585. The van der Waals surface area contributed by atoms with Gasteiger partial charge in [0.25, 0.3) is 0 Å². The zero-order chi connectivity index (χ0) is 11.4. The summed E-state index contributed by atoms with van der Waals surface area (Å²) in [5, 5.41) is 18.9. The first-order valence-corrected chi connectivity index (χ1v) is 4.37. The average Bonchev–Trinajstić information content (AvgIpc) is 2.12. The highest BCUT2D eigenvalue weighted by atomic mass is 16.5. The maximum Gasteiger partial charge on any atom is 0.167 e. The number of rotatable bonds is 4. The van der Waals surface area contributed by atoms with Gasteiger partial charge in [-0.2, -0.15) is 0 Å². The van der Waals surface area contributed by atoms with E-state index >= 15 is 0 Å². The number of carbonyl (C=O) groups is 1. The molecule has 0 aliphatic carbocycles. The number of ether oxygens (including phenoxy) is 1. The Bertz CT molecular complexity index is 373. The first-order valence-electron chi connectivity index (χ1n) is 4.37. The highest BCUT2D eigenvalue weighted by Crippen LogP contribution is 2.32. The molecule has 0 atom stereocenters. The number of ketones is 1. The van der Waals surface area contributed by atoms with Crippen molar-refractivity contribution in [3.05, 3.63) is 30.4 Å². The van der Waals surface area contributed by atoms with Crippen LogP contribution in [0.15, 0.2) is 24.8 Å². The van der Waals surface area contributed by atoms with Crippen LogP contribution in [0, 0.1) is 0 Å². The second kappa shape index (κ2) is 4.50. The summed E-state index contributed by atoms with van der Waals surface area (Å²) in [5.74, 6) is -0.696. The molecule has 0 heterocycles. The SMILES string of the molecule is C=CCOc1cc(O)c(C(C)=O)c(O)c1. The zero-order valence-corrected chi connectivity index (χ0v) is 8.36. The van der Waals surface area contributed by atoms with E-state index in [-0.39, 0.29) is 29.4 Å². The van der Waals surface area contributed by atoms with Crippen molar-refractivity contribution in [1.29, 1.82) is 0 Å². The number of Topliss-reactive ketones (excluding diaryl/α,β-unsaturated/α-hetero) is 1. The first-order chi connectivity index (χ1) is 7.06. The van der Waals surface area contributed by atoms with Crippen LogP contribution in [0.4, 0.5) is 0 Å². The van der Waals surface area contributed by atoms with Crippen molar-refractivity contribution in [2.75, 3.05) is 6.61 Å². The molecule has 0 saturated carbocycles. The van der Waals surface area contributed by atoms with Crippen LogP contribution in [0.2, 0.25) is 0 Å². The van der Waals surface area contributed by atoms with Crippen LogP contribution < -0.4 is 4.74 Å². The number of hydrogen-bond acceptors (Lipinski definition) is 4. The maximum absolute atomic E-state index is 11.0. The van der Waals surface area contributed by atoms with Crippen LogP contribution in [0.1, 0.15) is 17.3 Å². The van der Waals surface area contributed by atoms with Crippen LogP contribution in [0.5, 0.6) is 17.2 Å². The number of carbonyl (C=O) groups excluding carboxylic acids is 1. The third kappa shape index (κ3) is 2.49. The summed E-state index contributed by atoms with van der Waals surface area (Å²) in [6.07, 6.45) is 1.53. The predicted octanol–water partition coefficient (Wildman–Crippen LogP) is 1.87. The van der Waals surface area contributed by atoms with E-state index in [1.165, 1.54) is 25.1 Å². The highest BCUT2D eigenvalue weighted by Gasteiger charge is 2.14. The Morgan fingerprint density at radius 3 is 2.40 bits per heavy atom.